The topological polar surface area (TPSA) is 23.5 Å². The van der Waals surface area contributed by atoms with Gasteiger partial charge >= 0.3 is 0 Å². The fourth-order valence-electron chi connectivity index (χ4n) is 1.39. The van der Waals surface area contributed by atoms with Crippen molar-refractivity contribution in [3.05, 3.63) is 34.9 Å². The first-order valence-electron chi connectivity index (χ1n) is 4.79. The van der Waals surface area contributed by atoms with Gasteiger partial charge in [0, 0.05) is 23.4 Å². The molecule has 84 valence electrons. The van der Waals surface area contributed by atoms with Crippen molar-refractivity contribution in [3.8, 4) is 0 Å². The van der Waals surface area contributed by atoms with Crippen LogP contribution in [0, 0.1) is 0 Å². The molecule has 1 atom stereocenters. The molecule has 0 saturated carbocycles. The third-order valence-electron chi connectivity index (χ3n) is 2.10. The van der Waals surface area contributed by atoms with Gasteiger partial charge in [-0.1, -0.05) is 45.7 Å². The second kappa shape index (κ2) is 6.48. The van der Waals surface area contributed by atoms with Crippen molar-refractivity contribution in [1.29, 1.82) is 0 Å². The van der Waals surface area contributed by atoms with Crippen LogP contribution >= 0.6 is 27.5 Å². The van der Waals surface area contributed by atoms with E-state index in [1.54, 1.807) is 0 Å². The molecule has 0 aliphatic rings. The maximum absolute atomic E-state index is 9.45. The number of nitrogens with zero attached hydrogens (tertiary/aromatic N) is 1. The van der Waals surface area contributed by atoms with Crippen LogP contribution in [0.1, 0.15) is 5.56 Å². The number of alkyl halides is 1. The average Bonchev–Trinajstić information content (AvgIpc) is 2.21. The van der Waals surface area contributed by atoms with Crippen LogP contribution in [-0.4, -0.2) is 35.0 Å². The Morgan fingerprint density at radius 3 is 2.73 bits per heavy atom. The molecular weight excluding hydrogens is 277 g/mol. The molecular formula is C11H15BrClNO. The standard InChI is InChI=1S/C11H15BrClNO/c1-14(8-10(15)6-12)7-9-4-2-3-5-11(9)13/h2-5,10,15H,6-8H2,1H3. The highest BCUT2D eigenvalue weighted by Crippen LogP contribution is 2.16. The van der Waals surface area contributed by atoms with Crippen LogP contribution in [0.3, 0.4) is 0 Å². The molecule has 0 spiro atoms. The van der Waals surface area contributed by atoms with E-state index in [-0.39, 0.29) is 6.10 Å². The van der Waals surface area contributed by atoms with Crippen LogP contribution in [0.5, 0.6) is 0 Å². The first-order chi connectivity index (χ1) is 7.13. The summed E-state index contributed by atoms with van der Waals surface area (Å²) in [6.45, 7) is 1.39. The molecule has 0 radical (unpaired) electrons. The predicted octanol–water partition coefficient (Wildman–Crippen LogP) is 2.53. The summed E-state index contributed by atoms with van der Waals surface area (Å²) in [6, 6.07) is 7.76. The number of rotatable bonds is 5. The molecule has 1 rings (SSSR count). The number of likely N-dealkylation sites (N-methyl/N-ethyl adjacent to an activating group) is 1. The van der Waals surface area contributed by atoms with Gasteiger partial charge < -0.3 is 5.11 Å². The van der Waals surface area contributed by atoms with E-state index in [1.807, 2.05) is 36.2 Å². The van der Waals surface area contributed by atoms with Crippen LogP contribution in [0.25, 0.3) is 0 Å². The van der Waals surface area contributed by atoms with Crippen LogP contribution in [0.15, 0.2) is 24.3 Å². The molecule has 4 heteroatoms. The fraction of sp³-hybridized carbons (Fsp3) is 0.455. The number of hydrogen-bond acceptors (Lipinski definition) is 2. The first kappa shape index (κ1) is 13.0. The minimum absolute atomic E-state index is 0.336. The molecule has 0 aromatic heterocycles. The van der Waals surface area contributed by atoms with Gasteiger partial charge in [-0.3, -0.25) is 4.90 Å². The zero-order valence-corrected chi connectivity index (χ0v) is 11.0. The Labute approximate surface area is 104 Å². The van der Waals surface area contributed by atoms with Crippen molar-refractivity contribution in [3.63, 3.8) is 0 Å². The lowest BCUT2D eigenvalue weighted by Gasteiger charge is -2.19. The quantitative estimate of drug-likeness (QED) is 0.843. The highest BCUT2D eigenvalue weighted by Gasteiger charge is 2.08. The van der Waals surface area contributed by atoms with Crippen LogP contribution < -0.4 is 0 Å². The lowest BCUT2D eigenvalue weighted by Crippen LogP contribution is -2.29. The number of aliphatic hydroxyl groups excluding tert-OH is 1. The summed E-state index contributed by atoms with van der Waals surface area (Å²) in [5.41, 5.74) is 1.09. The summed E-state index contributed by atoms with van der Waals surface area (Å²) in [6.07, 6.45) is -0.336. The summed E-state index contributed by atoms with van der Waals surface area (Å²) in [7, 11) is 1.97. The SMILES string of the molecule is CN(Cc1ccccc1Cl)CC(O)CBr. The second-order valence-electron chi connectivity index (χ2n) is 3.60. The van der Waals surface area contributed by atoms with Gasteiger partial charge in [-0.25, -0.2) is 0 Å². The van der Waals surface area contributed by atoms with E-state index >= 15 is 0 Å². The predicted molar refractivity (Wildman–Crippen MR) is 67.6 cm³/mol. The smallest absolute Gasteiger partial charge is 0.0763 e. The van der Waals surface area contributed by atoms with E-state index in [2.05, 4.69) is 15.9 Å². The van der Waals surface area contributed by atoms with Crippen molar-refractivity contribution in [2.75, 3.05) is 18.9 Å². The molecule has 15 heavy (non-hydrogen) atoms. The number of benzene rings is 1. The molecule has 0 heterocycles. The van der Waals surface area contributed by atoms with E-state index in [9.17, 15) is 5.11 Å². The summed E-state index contributed by atoms with van der Waals surface area (Å²) in [5, 5.41) is 10.8. The monoisotopic (exact) mass is 291 g/mol. The highest BCUT2D eigenvalue weighted by atomic mass is 79.9. The third-order valence-corrected chi connectivity index (χ3v) is 3.21. The van der Waals surface area contributed by atoms with Crippen LogP contribution in [0.2, 0.25) is 5.02 Å². The Morgan fingerprint density at radius 1 is 1.47 bits per heavy atom. The Bertz CT molecular complexity index is 308. The van der Waals surface area contributed by atoms with Crippen molar-refractivity contribution in [1.82, 2.24) is 4.90 Å². The zero-order valence-electron chi connectivity index (χ0n) is 8.66. The number of halogens is 2. The molecule has 1 unspecified atom stereocenters. The van der Waals surface area contributed by atoms with Crippen molar-refractivity contribution in [2.45, 2.75) is 12.6 Å². The van der Waals surface area contributed by atoms with Gasteiger partial charge in [-0.15, -0.1) is 0 Å². The summed E-state index contributed by atoms with van der Waals surface area (Å²) in [5.74, 6) is 0. The second-order valence-corrected chi connectivity index (χ2v) is 4.65. The largest absolute Gasteiger partial charge is 0.391 e. The van der Waals surface area contributed by atoms with E-state index in [1.165, 1.54) is 0 Å². The molecule has 0 aliphatic carbocycles. The lowest BCUT2D eigenvalue weighted by molar-refractivity contribution is 0.143. The van der Waals surface area contributed by atoms with Gasteiger partial charge in [0.05, 0.1) is 6.10 Å². The Kier molecular flexibility index (Phi) is 5.61. The molecule has 1 aromatic carbocycles. The Balaban J connectivity index is 2.51. The molecule has 0 fully saturated rings. The van der Waals surface area contributed by atoms with E-state index in [0.29, 0.717) is 11.9 Å². The molecule has 0 aliphatic heterocycles. The number of hydrogen-bond donors (Lipinski definition) is 1. The van der Waals surface area contributed by atoms with Gasteiger partial charge in [-0.05, 0) is 18.7 Å². The molecule has 0 bridgehead atoms. The summed E-state index contributed by atoms with van der Waals surface area (Å²) in [4.78, 5) is 2.05. The minimum atomic E-state index is -0.336. The van der Waals surface area contributed by atoms with E-state index < -0.39 is 0 Å². The molecule has 1 N–H and O–H groups in total. The van der Waals surface area contributed by atoms with E-state index in [0.717, 1.165) is 17.1 Å². The zero-order chi connectivity index (χ0) is 11.3. The van der Waals surface area contributed by atoms with E-state index in [4.69, 9.17) is 11.6 Å². The maximum atomic E-state index is 9.45. The van der Waals surface area contributed by atoms with Crippen molar-refractivity contribution >= 4 is 27.5 Å². The van der Waals surface area contributed by atoms with Gasteiger partial charge in [-0.2, -0.15) is 0 Å². The summed E-state index contributed by atoms with van der Waals surface area (Å²) >= 11 is 9.28. The van der Waals surface area contributed by atoms with Gasteiger partial charge in [0.25, 0.3) is 0 Å². The molecule has 0 saturated heterocycles. The van der Waals surface area contributed by atoms with Gasteiger partial charge in [0.2, 0.25) is 0 Å². The lowest BCUT2D eigenvalue weighted by atomic mass is 10.2. The average molecular weight is 293 g/mol. The molecule has 1 aromatic rings. The van der Waals surface area contributed by atoms with Crippen molar-refractivity contribution < 1.29 is 5.11 Å². The molecule has 0 amide bonds. The minimum Gasteiger partial charge on any atom is -0.391 e. The van der Waals surface area contributed by atoms with Crippen LogP contribution in [0.4, 0.5) is 0 Å². The van der Waals surface area contributed by atoms with Crippen molar-refractivity contribution in [2.24, 2.45) is 0 Å². The Hall–Kier alpha value is -0.0900. The normalized spacial score (nSPS) is 13.1. The highest BCUT2D eigenvalue weighted by molar-refractivity contribution is 9.09. The van der Waals surface area contributed by atoms with Crippen LogP contribution in [-0.2, 0) is 6.54 Å². The molecule has 2 nitrogen and oxygen atoms in total. The van der Waals surface area contributed by atoms with Gasteiger partial charge in [0.15, 0.2) is 0 Å². The maximum Gasteiger partial charge on any atom is 0.0763 e. The number of aliphatic hydroxyl groups is 1. The first-order valence-corrected chi connectivity index (χ1v) is 6.29. The fourth-order valence-corrected chi connectivity index (χ4v) is 1.79. The Morgan fingerprint density at radius 2 is 2.13 bits per heavy atom. The van der Waals surface area contributed by atoms with Gasteiger partial charge in [0.1, 0.15) is 0 Å². The summed E-state index contributed by atoms with van der Waals surface area (Å²) < 4.78 is 0. The third kappa shape index (κ3) is 4.51.